The summed E-state index contributed by atoms with van der Waals surface area (Å²) in [4.78, 5) is 27.2. The monoisotopic (exact) mass is 402 g/mol. The molecule has 2 aromatic carbocycles. The number of likely N-dealkylation sites (N-methyl/N-ethyl adjacent to an activating group) is 1. The van der Waals surface area contributed by atoms with Crippen LogP contribution in [0.15, 0.2) is 60.7 Å². The fraction of sp³-hybridized carbons (Fsp3) is 0.261. The molecule has 1 fully saturated rings. The van der Waals surface area contributed by atoms with Crippen LogP contribution in [-0.2, 0) is 10.2 Å². The third-order valence-electron chi connectivity index (χ3n) is 5.97. The van der Waals surface area contributed by atoms with Gasteiger partial charge in [-0.05, 0) is 36.6 Å². The van der Waals surface area contributed by atoms with E-state index in [2.05, 4.69) is 27.6 Å². The number of hydrogen-bond acceptors (Lipinski definition) is 4. The predicted molar refractivity (Wildman–Crippen MR) is 112 cm³/mol. The van der Waals surface area contributed by atoms with Crippen LogP contribution in [0.3, 0.4) is 0 Å². The summed E-state index contributed by atoms with van der Waals surface area (Å²) >= 11 is 0. The van der Waals surface area contributed by atoms with Gasteiger partial charge in [-0.3, -0.25) is 14.7 Å². The highest BCUT2D eigenvalue weighted by atomic mass is 16.5. The number of carbonyl (C=O) groups excluding carboxylic acids is 2. The van der Waals surface area contributed by atoms with E-state index in [1.165, 1.54) is 10.5 Å². The van der Waals surface area contributed by atoms with Gasteiger partial charge < -0.3 is 15.0 Å². The SMILES string of the molecule is CN1C(=O)C(NC(=O)c2cc(C3(c4ccccc4)CC3)[nH]n2)COc2ccccc21. The zero-order valence-corrected chi connectivity index (χ0v) is 16.6. The average Bonchev–Trinajstić information content (AvgIpc) is 3.47. The Hall–Kier alpha value is -3.61. The van der Waals surface area contributed by atoms with Gasteiger partial charge in [0, 0.05) is 18.2 Å². The van der Waals surface area contributed by atoms with Crippen LogP contribution < -0.4 is 15.0 Å². The topological polar surface area (TPSA) is 87.3 Å². The number of H-pyrrole nitrogens is 1. The molecule has 2 N–H and O–H groups in total. The summed E-state index contributed by atoms with van der Waals surface area (Å²) in [6.45, 7) is 0.0666. The second-order valence-corrected chi connectivity index (χ2v) is 7.82. The van der Waals surface area contributed by atoms with Gasteiger partial charge in [0.1, 0.15) is 24.1 Å². The van der Waals surface area contributed by atoms with Gasteiger partial charge in [0.05, 0.1) is 5.69 Å². The van der Waals surface area contributed by atoms with Crippen LogP contribution in [0.4, 0.5) is 5.69 Å². The van der Waals surface area contributed by atoms with Gasteiger partial charge in [0.25, 0.3) is 11.8 Å². The Morgan fingerprint density at radius 1 is 1.17 bits per heavy atom. The molecule has 1 atom stereocenters. The van der Waals surface area contributed by atoms with Crippen molar-refractivity contribution in [3.8, 4) is 5.75 Å². The second-order valence-electron chi connectivity index (χ2n) is 7.82. The first kappa shape index (κ1) is 18.4. The number of nitrogens with one attached hydrogen (secondary N) is 2. The quantitative estimate of drug-likeness (QED) is 0.702. The summed E-state index contributed by atoms with van der Waals surface area (Å²) in [5.41, 5.74) is 2.99. The van der Waals surface area contributed by atoms with Crippen LogP contribution in [-0.4, -0.2) is 41.7 Å². The van der Waals surface area contributed by atoms with E-state index in [4.69, 9.17) is 4.74 Å². The molecule has 0 radical (unpaired) electrons. The highest BCUT2D eigenvalue weighted by molar-refractivity contribution is 6.02. The van der Waals surface area contributed by atoms with Crippen LogP contribution in [0, 0.1) is 0 Å². The molecule has 0 spiro atoms. The molecule has 3 aromatic rings. The van der Waals surface area contributed by atoms with Gasteiger partial charge in [-0.15, -0.1) is 0 Å². The molecule has 152 valence electrons. The van der Waals surface area contributed by atoms with Gasteiger partial charge in [0.2, 0.25) is 0 Å². The number of aromatic amines is 1. The largest absolute Gasteiger partial charge is 0.489 e. The number of rotatable bonds is 4. The number of benzene rings is 2. The molecular weight excluding hydrogens is 380 g/mol. The van der Waals surface area contributed by atoms with E-state index in [0.717, 1.165) is 18.5 Å². The number of amides is 2. The third-order valence-corrected chi connectivity index (χ3v) is 5.97. The fourth-order valence-electron chi connectivity index (χ4n) is 4.07. The maximum Gasteiger partial charge on any atom is 0.272 e. The second kappa shape index (κ2) is 7.02. The van der Waals surface area contributed by atoms with Gasteiger partial charge in [-0.2, -0.15) is 5.10 Å². The Morgan fingerprint density at radius 2 is 1.90 bits per heavy atom. The lowest BCUT2D eigenvalue weighted by Crippen LogP contribution is -2.49. The molecule has 5 rings (SSSR count). The minimum atomic E-state index is -0.793. The molecule has 1 aliphatic heterocycles. The molecule has 2 heterocycles. The van der Waals surface area contributed by atoms with Crippen molar-refractivity contribution >= 4 is 17.5 Å². The molecule has 30 heavy (non-hydrogen) atoms. The van der Waals surface area contributed by atoms with Crippen LogP contribution in [0.25, 0.3) is 0 Å². The number of nitrogens with zero attached hydrogens (tertiary/aromatic N) is 2. The number of anilines is 1. The lowest BCUT2D eigenvalue weighted by atomic mass is 9.92. The van der Waals surface area contributed by atoms with Crippen molar-refractivity contribution in [1.29, 1.82) is 0 Å². The fourth-order valence-corrected chi connectivity index (χ4v) is 4.07. The first-order chi connectivity index (χ1) is 14.6. The third kappa shape index (κ3) is 3.03. The van der Waals surface area contributed by atoms with E-state index in [0.29, 0.717) is 11.4 Å². The minimum Gasteiger partial charge on any atom is -0.489 e. The maximum atomic E-state index is 12.8. The van der Waals surface area contributed by atoms with Crippen LogP contribution in [0.5, 0.6) is 5.75 Å². The molecule has 0 bridgehead atoms. The summed E-state index contributed by atoms with van der Waals surface area (Å²) in [6, 6.07) is 18.5. The lowest BCUT2D eigenvalue weighted by Gasteiger charge is -2.20. The van der Waals surface area contributed by atoms with Crippen LogP contribution in [0.2, 0.25) is 0 Å². The molecule has 1 unspecified atom stereocenters. The molecule has 7 heteroatoms. The van der Waals surface area contributed by atoms with Gasteiger partial charge in [-0.1, -0.05) is 42.5 Å². The zero-order chi connectivity index (χ0) is 20.7. The minimum absolute atomic E-state index is 0.0666. The number of hydrogen-bond donors (Lipinski definition) is 2. The van der Waals surface area contributed by atoms with Crippen molar-refractivity contribution in [2.24, 2.45) is 0 Å². The Morgan fingerprint density at radius 3 is 2.67 bits per heavy atom. The van der Waals surface area contributed by atoms with Crippen LogP contribution >= 0.6 is 0 Å². The van der Waals surface area contributed by atoms with E-state index < -0.39 is 11.9 Å². The number of fused-ring (bicyclic) bond motifs is 1. The zero-order valence-electron chi connectivity index (χ0n) is 16.6. The summed E-state index contributed by atoms with van der Waals surface area (Å²) in [6.07, 6.45) is 2.02. The number of ether oxygens (including phenoxy) is 1. The molecule has 2 aliphatic rings. The molecule has 1 aliphatic carbocycles. The predicted octanol–water partition coefficient (Wildman–Crippen LogP) is 2.64. The van der Waals surface area contributed by atoms with Gasteiger partial charge in [0.15, 0.2) is 0 Å². The van der Waals surface area contributed by atoms with Crippen molar-refractivity contribution < 1.29 is 14.3 Å². The van der Waals surface area contributed by atoms with Crippen molar-refractivity contribution in [1.82, 2.24) is 15.5 Å². The summed E-state index contributed by atoms with van der Waals surface area (Å²) in [7, 11) is 1.68. The molecule has 0 saturated heterocycles. The highest BCUT2D eigenvalue weighted by Gasteiger charge is 2.47. The Bertz CT molecular complexity index is 1100. The van der Waals surface area contributed by atoms with Crippen LogP contribution in [0.1, 0.15) is 34.6 Å². The average molecular weight is 402 g/mol. The lowest BCUT2D eigenvalue weighted by molar-refractivity contribution is -0.120. The van der Waals surface area contributed by atoms with Crippen molar-refractivity contribution in [2.45, 2.75) is 24.3 Å². The standard InChI is InChI=1S/C23H22N4O3/c1-27-18-9-5-6-10-19(18)30-14-17(22(27)29)24-21(28)16-13-20(26-25-16)23(11-12-23)15-7-3-2-4-8-15/h2-10,13,17H,11-12,14H2,1H3,(H,24,28)(H,25,26). The van der Waals surface area contributed by atoms with E-state index in [1.54, 1.807) is 13.1 Å². The summed E-state index contributed by atoms with van der Waals surface area (Å²) in [5.74, 6) is -0.0135. The number of para-hydroxylation sites is 2. The summed E-state index contributed by atoms with van der Waals surface area (Å²) < 4.78 is 5.76. The summed E-state index contributed by atoms with van der Waals surface area (Å²) in [5, 5.41) is 10.0. The van der Waals surface area contributed by atoms with Gasteiger partial charge >= 0.3 is 0 Å². The normalized spacial score (nSPS) is 19.4. The van der Waals surface area contributed by atoms with E-state index >= 15 is 0 Å². The van der Waals surface area contributed by atoms with Crippen molar-refractivity contribution in [3.05, 3.63) is 77.6 Å². The Labute approximate surface area is 174 Å². The van der Waals surface area contributed by atoms with E-state index in [1.807, 2.05) is 42.5 Å². The van der Waals surface area contributed by atoms with E-state index in [9.17, 15) is 9.59 Å². The number of carbonyl (C=O) groups is 2. The molecule has 1 aromatic heterocycles. The Kier molecular flexibility index (Phi) is 4.31. The number of aromatic nitrogens is 2. The molecule has 7 nitrogen and oxygen atoms in total. The van der Waals surface area contributed by atoms with Crippen molar-refractivity contribution in [3.63, 3.8) is 0 Å². The first-order valence-electron chi connectivity index (χ1n) is 10.0. The molecule has 1 saturated carbocycles. The van der Waals surface area contributed by atoms with Crippen molar-refractivity contribution in [2.75, 3.05) is 18.6 Å². The van der Waals surface area contributed by atoms with Gasteiger partial charge in [-0.25, -0.2) is 0 Å². The molecule has 2 amide bonds. The maximum absolute atomic E-state index is 12.8. The first-order valence-corrected chi connectivity index (χ1v) is 10.0. The highest BCUT2D eigenvalue weighted by Crippen LogP contribution is 2.52. The molecular formula is C23H22N4O3. The van der Waals surface area contributed by atoms with E-state index in [-0.39, 0.29) is 23.6 Å². The smallest absolute Gasteiger partial charge is 0.272 e. The Balaban J connectivity index is 1.33.